The average molecular weight is 221 g/mol. The smallest absolute Gasteiger partial charge is 0.141 e. The van der Waals surface area contributed by atoms with E-state index in [1.165, 1.54) is 5.69 Å². The third kappa shape index (κ3) is 2.25. The number of rotatable bonds is 2. The maximum Gasteiger partial charge on any atom is 0.141 e. The average Bonchev–Trinajstić information content (AvgIpc) is 2.33. The first-order valence-electron chi connectivity index (χ1n) is 5.58. The standard InChI is InChI=1S/C11H19N5/c1-9-8-16(6-5-15(9)2)10-3-4-13-11(7-10)14-12/h3-4,7,9H,5-6,8,12H2,1-2H3,(H,13,14). The van der Waals surface area contributed by atoms with Crippen LogP contribution in [-0.4, -0.2) is 42.6 Å². The Balaban J connectivity index is 2.12. The van der Waals surface area contributed by atoms with E-state index in [1.54, 1.807) is 6.20 Å². The van der Waals surface area contributed by atoms with E-state index in [9.17, 15) is 0 Å². The van der Waals surface area contributed by atoms with Gasteiger partial charge in [0.05, 0.1) is 0 Å². The SMILES string of the molecule is CC1CN(c2ccnc(NN)c2)CCN1C. The van der Waals surface area contributed by atoms with E-state index in [1.807, 2.05) is 12.1 Å². The number of likely N-dealkylation sites (N-methyl/N-ethyl adjacent to an activating group) is 1. The van der Waals surface area contributed by atoms with Gasteiger partial charge in [-0.3, -0.25) is 0 Å². The molecule has 5 heteroatoms. The van der Waals surface area contributed by atoms with E-state index < -0.39 is 0 Å². The number of anilines is 2. The number of aromatic nitrogens is 1. The zero-order valence-electron chi connectivity index (χ0n) is 9.85. The molecule has 88 valence electrons. The third-order valence-electron chi connectivity index (χ3n) is 3.22. The minimum atomic E-state index is 0.580. The topological polar surface area (TPSA) is 57.4 Å². The predicted octanol–water partition coefficient (Wildman–Crippen LogP) is 0.507. The molecule has 1 aliphatic rings. The van der Waals surface area contributed by atoms with E-state index in [0.717, 1.165) is 19.6 Å². The lowest BCUT2D eigenvalue weighted by atomic mass is 10.2. The molecule has 1 aromatic heterocycles. The van der Waals surface area contributed by atoms with E-state index in [-0.39, 0.29) is 0 Å². The normalized spacial score (nSPS) is 22.2. The molecule has 2 rings (SSSR count). The molecule has 1 aromatic rings. The number of piperazine rings is 1. The highest BCUT2D eigenvalue weighted by molar-refractivity contribution is 5.53. The second kappa shape index (κ2) is 4.67. The Bertz CT molecular complexity index is 354. The molecule has 1 aliphatic heterocycles. The molecule has 1 fully saturated rings. The van der Waals surface area contributed by atoms with Crippen molar-refractivity contribution in [2.45, 2.75) is 13.0 Å². The van der Waals surface area contributed by atoms with Gasteiger partial charge in [0.1, 0.15) is 5.82 Å². The molecule has 5 nitrogen and oxygen atoms in total. The van der Waals surface area contributed by atoms with Gasteiger partial charge in [-0.25, -0.2) is 10.8 Å². The fourth-order valence-electron chi connectivity index (χ4n) is 1.98. The Morgan fingerprint density at radius 2 is 2.31 bits per heavy atom. The lowest BCUT2D eigenvalue weighted by Gasteiger charge is -2.39. The lowest BCUT2D eigenvalue weighted by Crippen LogP contribution is -2.50. The van der Waals surface area contributed by atoms with Crippen molar-refractivity contribution in [1.82, 2.24) is 9.88 Å². The number of hydrogen-bond acceptors (Lipinski definition) is 5. The summed E-state index contributed by atoms with van der Waals surface area (Å²) in [5, 5.41) is 0. The molecular weight excluding hydrogens is 202 g/mol. The molecule has 0 aliphatic carbocycles. The van der Waals surface area contributed by atoms with E-state index >= 15 is 0 Å². The number of nitrogens with zero attached hydrogens (tertiary/aromatic N) is 3. The Hall–Kier alpha value is -1.33. The molecule has 1 atom stereocenters. The Morgan fingerprint density at radius 1 is 1.50 bits per heavy atom. The zero-order chi connectivity index (χ0) is 11.5. The molecular formula is C11H19N5. The Kier molecular flexibility index (Phi) is 3.26. The maximum absolute atomic E-state index is 5.36. The van der Waals surface area contributed by atoms with Crippen LogP contribution in [0.3, 0.4) is 0 Å². The summed E-state index contributed by atoms with van der Waals surface area (Å²) in [4.78, 5) is 8.86. The van der Waals surface area contributed by atoms with Crippen LogP contribution in [0.2, 0.25) is 0 Å². The van der Waals surface area contributed by atoms with Crippen LogP contribution >= 0.6 is 0 Å². The van der Waals surface area contributed by atoms with Gasteiger partial charge >= 0.3 is 0 Å². The van der Waals surface area contributed by atoms with Crippen LogP contribution in [0.4, 0.5) is 11.5 Å². The van der Waals surface area contributed by atoms with Crippen molar-refractivity contribution in [3.05, 3.63) is 18.3 Å². The highest BCUT2D eigenvalue weighted by Gasteiger charge is 2.20. The van der Waals surface area contributed by atoms with Crippen LogP contribution < -0.4 is 16.2 Å². The Labute approximate surface area is 96.2 Å². The number of pyridine rings is 1. The number of hydrazine groups is 1. The molecule has 0 aromatic carbocycles. The number of nitrogens with two attached hydrogens (primary N) is 1. The van der Waals surface area contributed by atoms with Gasteiger partial charge in [-0.15, -0.1) is 0 Å². The van der Waals surface area contributed by atoms with Gasteiger partial charge in [-0.2, -0.15) is 0 Å². The largest absolute Gasteiger partial charge is 0.369 e. The van der Waals surface area contributed by atoms with E-state index in [4.69, 9.17) is 5.84 Å². The minimum Gasteiger partial charge on any atom is -0.369 e. The zero-order valence-corrected chi connectivity index (χ0v) is 9.85. The van der Waals surface area contributed by atoms with Gasteiger partial charge in [-0.1, -0.05) is 0 Å². The molecule has 0 bridgehead atoms. The van der Waals surface area contributed by atoms with Crippen molar-refractivity contribution >= 4 is 11.5 Å². The molecule has 0 amide bonds. The molecule has 16 heavy (non-hydrogen) atoms. The summed E-state index contributed by atoms with van der Waals surface area (Å²) in [5.41, 5.74) is 3.76. The van der Waals surface area contributed by atoms with E-state index in [0.29, 0.717) is 11.9 Å². The van der Waals surface area contributed by atoms with Gasteiger partial charge in [0.15, 0.2) is 0 Å². The first-order chi connectivity index (χ1) is 7.70. The van der Waals surface area contributed by atoms with Crippen LogP contribution in [-0.2, 0) is 0 Å². The monoisotopic (exact) mass is 221 g/mol. The van der Waals surface area contributed by atoms with Crippen LogP contribution in [0.25, 0.3) is 0 Å². The van der Waals surface area contributed by atoms with Gasteiger partial charge < -0.3 is 15.2 Å². The molecule has 3 N–H and O–H groups in total. The van der Waals surface area contributed by atoms with Gasteiger partial charge in [-0.05, 0) is 20.0 Å². The second-order valence-corrected chi connectivity index (χ2v) is 4.32. The fourth-order valence-corrected chi connectivity index (χ4v) is 1.98. The lowest BCUT2D eigenvalue weighted by molar-refractivity contribution is 0.234. The first kappa shape index (κ1) is 11.2. The highest BCUT2D eigenvalue weighted by Crippen LogP contribution is 2.19. The van der Waals surface area contributed by atoms with Gasteiger partial charge in [0.25, 0.3) is 0 Å². The van der Waals surface area contributed by atoms with Crippen molar-refractivity contribution in [2.75, 3.05) is 37.0 Å². The summed E-state index contributed by atoms with van der Waals surface area (Å²) in [6.45, 7) is 5.43. The number of nitrogen functional groups attached to an aromatic ring is 1. The fraction of sp³-hybridized carbons (Fsp3) is 0.545. The highest BCUT2D eigenvalue weighted by atomic mass is 15.3. The molecule has 0 saturated carbocycles. The molecule has 2 heterocycles. The molecule has 1 unspecified atom stereocenters. The van der Waals surface area contributed by atoms with Gasteiger partial charge in [0, 0.05) is 43.6 Å². The van der Waals surface area contributed by atoms with Crippen molar-refractivity contribution in [3.8, 4) is 0 Å². The quantitative estimate of drug-likeness (QED) is 0.563. The van der Waals surface area contributed by atoms with Crippen LogP contribution in [0.5, 0.6) is 0 Å². The second-order valence-electron chi connectivity index (χ2n) is 4.32. The summed E-state index contributed by atoms with van der Waals surface area (Å²) in [6, 6.07) is 4.59. The summed E-state index contributed by atoms with van der Waals surface area (Å²) >= 11 is 0. The number of hydrogen-bond donors (Lipinski definition) is 2. The van der Waals surface area contributed by atoms with Crippen molar-refractivity contribution < 1.29 is 0 Å². The van der Waals surface area contributed by atoms with Crippen molar-refractivity contribution in [2.24, 2.45) is 5.84 Å². The third-order valence-corrected chi connectivity index (χ3v) is 3.22. The molecule has 0 radical (unpaired) electrons. The molecule has 0 spiro atoms. The maximum atomic E-state index is 5.36. The van der Waals surface area contributed by atoms with E-state index in [2.05, 4.69) is 34.2 Å². The Morgan fingerprint density at radius 3 is 3.00 bits per heavy atom. The summed E-state index contributed by atoms with van der Waals surface area (Å²) in [7, 11) is 2.17. The van der Waals surface area contributed by atoms with Crippen LogP contribution in [0.15, 0.2) is 18.3 Å². The van der Waals surface area contributed by atoms with Crippen molar-refractivity contribution in [3.63, 3.8) is 0 Å². The summed E-state index contributed by atoms with van der Waals surface area (Å²) < 4.78 is 0. The first-order valence-corrected chi connectivity index (χ1v) is 5.58. The minimum absolute atomic E-state index is 0.580. The summed E-state index contributed by atoms with van der Waals surface area (Å²) in [6.07, 6.45) is 1.79. The molecule has 1 saturated heterocycles. The summed E-state index contributed by atoms with van der Waals surface area (Å²) in [5.74, 6) is 6.07. The van der Waals surface area contributed by atoms with Crippen LogP contribution in [0.1, 0.15) is 6.92 Å². The predicted molar refractivity (Wildman–Crippen MR) is 66.4 cm³/mol. The van der Waals surface area contributed by atoms with Crippen molar-refractivity contribution in [1.29, 1.82) is 0 Å². The van der Waals surface area contributed by atoms with Gasteiger partial charge in [0.2, 0.25) is 0 Å². The van der Waals surface area contributed by atoms with Crippen LogP contribution in [0, 0.1) is 0 Å². The number of nitrogens with one attached hydrogen (secondary N) is 1.